The third kappa shape index (κ3) is 4.04. The number of ketones is 1. The number of hydrogen-bond donors (Lipinski definition) is 1. The first-order valence-corrected chi connectivity index (χ1v) is 11.4. The van der Waals surface area contributed by atoms with Crippen LogP contribution in [0.3, 0.4) is 0 Å². The summed E-state index contributed by atoms with van der Waals surface area (Å²) in [7, 11) is 1.47. The fourth-order valence-electron chi connectivity index (χ4n) is 4.41. The van der Waals surface area contributed by atoms with Crippen LogP contribution in [0.15, 0.2) is 55.4 Å². The van der Waals surface area contributed by atoms with Gasteiger partial charge in [-0.3, -0.25) is 29.3 Å². The highest BCUT2D eigenvalue weighted by molar-refractivity contribution is 6.45. The van der Waals surface area contributed by atoms with E-state index in [1.54, 1.807) is 47.9 Å². The number of ether oxygens (including phenoxy) is 1. The molecule has 11 nitrogen and oxygen atoms in total. The smallest absolute Gasteiger partial charge is 0.295 e. The minimum absolute atomic E-state index is 0.180. The molecule has 1 fully saturated rings. The molecule has 1 N–H and O–H groups in total. The van der Waals surface area contributed by atoms with E-state index in [9.17, 15) is 14.4 Å². The monoisotopic (exact) mass is 485 g/mol. The molecule has 0 aromatic carbocycles. The average Bonchev–Trinajstić information content (AvgIpc) is 3.37. The average molecular weight is 486 g/mol. The van der Waals surface area contributed by atoms with E-state index in [1.165, 1.54) is 24.4 Å². The van der Waals surface area contributed by atoms with Crippen molar-refractivity contribution in [2.45, 2.75) is 13.0 Å². The molecule has 5 rings (SSSR count). The van der Waals surface area contributed by atoms with Gasteiger partial charge in [0.05, 0.1) is 36.0 Å². The van der Waals surface area contributed by atoms with Gasteiger partial charge in [-0.2, -0.15) is 0 Å². The van der Waals surface area contributed by atoms with Crippen LogP contribution in [0.5, 0.6) is 5.75 Å². The fourth-order valence-corrected chi connectivity index (χ4v) is 4.41. The van der Waals surface area contributed by atoms with Crippen molar-refractivity contribution in [3.8, 4) is 17.1 Å². The molecule has 0 spiro atoms. The lowest BCUT2D eigenvalue weighted by molar-refractivity contribution is -0.128. The normalized spacial score (nSPS) is 15.7. The van der Waals surface area contributed by atoms with E-state index in [-0.39, 0.29) is 30.6 Å². The standard InChI is InChI=1S/C25H23N7O4/c1-15-14-31(9-10-32(15)24(34)17-5-3-4-6-27-17)25(35)23(33)16-11-29-22-20(16)19(36-2)13-30-21(22)18-12-26-7-8-28-18/h3-8,11-13,15,29H,9-10,14H2,1-2H3/t15-/m1/s1. The molecule has 1 saturated heterocycles. The van der Waals surface area contributed by atoms with Gasteiger partial charge in [0.1, 0.15) is 22.8 Å². The Labute approximate surface area is 206 Å². The van der Waals surface area contributed by atoms with Gasteiger partial charge in [-0.05, 0) is 19.1 Å². The predicted molar refractivity (Wildman–Crippen MR) is 129 cm³/mol. The van der Waals surface area contributed by atoms with Crippen molar-refractivity contribution in [3.63, 3.8) is 0 Å². The number of rotatable bonds is 5. The van der Waals surface area contributed by atoms with Crippen LogP contribution >= 0.6 is 0 Å². The molecule has 0 bridgehead atoms. The number of carbonyl (C=O) groups excluding carboxylic acids is 3. The van der Waals surface area contributed by atoms with E-state index in [4.69, 9.17) is 4.74 Å². The van der Waals surface area contributed by atoms with Crippen LogP contribution < -0.4 is 4.74 Å². The zero-order valence-corrected chi connectivity index (χ0v) is 19.7. The number of nitrogens with zero attached hydrogens (tertiary/aromatic N) is 6. The first-order chi connectivity index (χ1) is 17.5. The van der Waals surface area contributed by atoms with Gasteiger partial charge in [-0.1, -0.05) is 6.07 Å². The summed E-state index contributed by atoms with van der Waals surface area (Å²) in [5.41, 5.74) is 2.04. The highest BCUT2D eigenvalue weighted by atomic mass is 16.5. The number of aromatic nitrogens is 5. The third-order valence-corrected chi connectivity index (χ3v) is 6.20. The molecule has 0 aliphatic carbocycles. The van der Waals surface area contributed by atoms with Crippen LogP contribution in [-0.2, 0) is 4.79 Å². The van der Waals surface area contributed by atoms with Crippen LogP contribution in [-0.4, -0.2) is 85.1 Å². The van der Waals surface area contributed by atoms with E-state index in [2.05, 4.69) is 24.9 Å². The molecule has 0 unspecified atom stereocenters. The highest BCUT2D eigenvalue weighted by Gasteiger charge is 2.34. The molecular formula is C25H23N7O4. The molecule has 36 heavy (non-hydrogen) atoms. The maximum absolute atomic E-state index is 13.4. The topological polar surface area (TPSA) is 134 Å². The number of piperazine rings is 1. The number of H-pyrrole nitrogens is 1. The number of Topliss-reactive ketones (excluding diaryl/α,β-unsaturated/α-hetero) is 1. The SMILES string of the molecule is COc1cnc(-c2cnccn2)c2[nH]cc(C(=O)C(=O)N3CCN(C(=O)c4ccccn4)[C@H](C)C3)c12. The second-order valence-corrected chi connectivity index (χ2v) is 8.36. The third-order valence-electron chi connectivity index (χ3n) is 6.20. The summed E-state index contributed by atoms with van der Waals surface area (Å²) in [6.07, 6.45) is 9.21. The van der Waals surface area contributed by atoms with Gasteiger partial charge in [0.25, 0.3) is 17.6 Å². The Balaban J connectivity index is 1.39. The summed E-state index contributed by atoms with van der Waals surface area (Å²) in [6, 6.07) is 4.87. The van der Waals surface area contributed by atoms with E-state index in [0.717, 1.165) is 0 Å². The van der Waals surface area contributed by atoms with E-state index in [0.29, 0.717) is 40.3 Å². The molecule has 1 aliphatic heterocycles. The molecule has 182 valence electrons. The number of fused-ring (bicyclic) bond motifs is 1. The summed E-state index contributed by atoms with van der Waals surface area (Å²) >= 11 is 0. The Hall–Kier alpha value is -4.67. The second-order valence-electron chi connectivity index (χ2n) is 8.36. The Kier molecular flexibility index (Phi) is 6.11. The van der Waals surface area contributed by atoms with Gasteiger partial charge < -0.3 is 19.5 Å². The zero-order valence-electron chi connectivity index (χ0n) is 19.7. The molecule has 1 aliphatic rings. The lowest BCUT2D eigenvalue weighted by atomic mass is 10.1. The maximum atomic E-state index is 13.4. The molecule has 0 radical (unpaired) electrons. The lowest BCUT2D eigenvalue weighted by Gasteiger charge is -2.39. The van der Waals surface area contributed by atoms with Crippen molar-refractivity contribution in [2.24, 2.45) is 0 Å². The largest absolute Gasteiger partial charge is 0.494 e. The molecular weight excluding hydrogens is 462 g/mol. The van der Waals surface area contributed by atoms with Crippen LogP contribution in [0.4, 0.5) is 0 Å². The van der Waals surface area contributed by atoms with Gasteiger partial charge >= 0.3 is 0 Å². The van der Waals surface area contributed by atoms with Crippen molar-refractivity contribution in [2.75, 3.05) is 26.7 Å². The summed E-state index contributed by atoms with van der Waals surface area (Å²) in [4.78, 5) is 62.6. The van der Waals surface area contributed by atoms with Gasteiger partial charge in [-0.25, -0.2) is 4.98 Å². The van der Waals surface area contributed by atoms with Crippen LogP contribution in [0.25, 0.3) is 22.3 Å². The lowest BCUT2D eigenvalue weighted by Crippen LogP contribution is -2.56. The van der Waals surface area contributed by atoms with Gasteiger partial charge in [0.15, 0.2) is 0 Å². The second kappa shape index (κ2) is 9.53. The molecule has 11 heteroatoms. The molecule has 4 aromatic heterocycles. The summed E-state index contributed by atoms with van der Waals surface area (Å²) in [5, 5.41) is 0.448. The number of pyridine rings is 2. The number of amides is 2. The molecule has 0 saturated carbocycles. The molecule has 4 aromatic rings. The summed E-state index contributed by atoms with van der Waals surface area (Å²) < 4.78 is 5.45. The van der Waals surface area contributed by atoms with E-state index < -0.39 is 11.7 Å². The number of aromatic amines is 1. The Morgan fingerprint density at radius 1 is 1.06 bits per heavy atom. The Morgan fingerprint density at radius 2 is 1.92 bits per heavy atom. The summed E-state index contributed by atoms with van der Waals surface area (Å²) in [5.74, 6) is -1.17. The van der Waals surface area contributed by atoms with Gasteiger partial charge in [-0.15, -0.1) is 0 Å². The van der Waals surface area contributed by atoms with Crippen LogP contribution in [0.2, 0.25) is 0 Å². The Bertz CT molecular complexity index is 1440. The van der Waals surface area contributed by atoms with Crippen molar-refractivity contribution in [1.29, 1.82) is 0 Å². The number of methoxy groups -OCH3 is 1. The molecule has 2 amide bonds. The first-order valence-electron chi connectivity index (χ1n) is 11.4. The first kappa shape index (κ1) is 23.1. The minimum atomic E-state index is -0.674. The molecule has 1 atom stereocenters. The number of hydrogen-bond acceptors (Lipinski definition) is 8. The van der Waals surface area contributed by atoms with Gasteiger partial charge in [0, 0.05) is 50.5 Å². The van der Waals surface area contributed by atoms with E-state index in [1.807, 2.05) is 6.92 Å². The van der Waals surface area contributed by atoms with Crippen LogP contribution in [0, 0.1) is 0 Å². The number of carbonyl (C=O) groups is 3. The van der Waals surface area contributed by atoms with Crippen LogP contribution in [0.1, 0.15) is 27.8 Å². The van der Waals surface area contributed by atoms with Crippen molar-refractivity contribution in [1.82, 2.24) is 34.7 Å². The van der Waals surface area contributed by atoms with Crippen molar-refractivity contribution >= 4 is 28.5 Å². The van der Waals surface area contributed by atoms with Crippen molar-refractivity contribution < 1.29 is 19.1 Å². The number of nitrogens with one attached hydrogen (secondary N) is 1. The van der Waals surface area contributed by atoms with Gasteiger partial charge in [0.2, 0.25) is 0 Å². The predicted octanol–water partition coefficient (Wildman–Crippen LogP) is 1.98. The van der Waals surface area contributed by atoms with Crippen molar-refractivity contribution in [3.05, 3.63) is 66.6 Å². The maximum Gasteiger partial charge on any atom is 0.295 e. The van der Waals surface area contributed by atoms with E-state index >= 15 is 0 Å². The molecule has 5 heterocycles. The summed E-state index contributed by atoms with van der Waals surface area (Å²) in [6.45, 7) is 2.61. The fraction of sp³-hybridized carbons (Fsp3) is 0.240. The highest BCUT2D eigenvalue weighted by Crippen LogP contribution is 2.34. The Morgan fingerprint density at radius 3 is 2.61 bits per heavy atom. The quantitative estimate of drug-likeness (QED) is 0.335. The minimum Gasteiger partial charge on any atom is -0.494 e. The zero-order chi connectivity index (χ0) is 25.2.